The fourth-order valence-electron chi connectivity index (χ4n) is 3.21. The molecule has 0 fully saturated rings. The van der Waals surface area contributed by atoms with E-state index >= 15 is 0 Å². The van der Waals surface area contributed by atoms with Gasteiger partial charge in [0.1, 0.15) is 18.1 Å². The van der Waals surface area contributed by atoms with Crippen LogP contribution in [0.3, 0.4) is 0 Å². The number of nitrogens with one attached hydrogen (secondary N) is 1. The summed E-state index contributed by atoms with van der Waals surface area (Å²) in [6.45, 7) is 0.0780. The van der Waals surface area contributed by atoms with Gasteiger partial charge in [-0.1, -0.05) is 12.1 Å². The maximum Gasteiger partial charge on any atom is 0.335 e. The Morgan fingerprint density at radius 1 is 1.10 bits per heavy atom. The zero-order valence-electron chi connectivity index (χ0n) is 16.2. The number of nitrogens with zero attached hydrogens (tertiary/aromatic N) is 3. The van der Waals surface area contributed by atoms with Gasteiger partial charge in [0, 0.05) is 12.7 Å². The molecule has 0 aliphatic heterocycles. The van der Waals surface area contributed by atoms with E-state index in [4.69, 9.17) is 4.74 Å². The summed E-state index contributed by atoms with van der Waals surface area (Å²) >= 11 is 0. The number of aromatic nitrogens is 3. The van der Waals surface area contributed by atoms with Gasteiger partial charge in [0.2, 0.25) is 5.91 Å². The van der Waals surface area contributed by atoms with E-state index in [9.17, 15) is 14.0 Å². The normalized spacial score (nSPS) is 10.9. The lowest BCUT2D eigenvalue weighted by Crippen LogP contribution is -2.32. The first-order chi connectivity index (χ1) is 14.6. The zero-order valence-corrected chi connectivity index (χ0v) is 16.2. The maximum absolute atomic E-state index is 13.1. The number of halogens is 1. The molecule has 30 heavy (non-hydrogen) atoms. The van der Waals surface area contributed by atoms with Gasteiger partial charge in [0.05, 0.1) is 18.3 Å². The van der Waals surface area contributed by atoms with Gasteiger partial charge >= 0.3 is 5.69 Å². The number of hydrogen-bond donors (Lipinski definition) is 1. The summed E-state index contributed by atoms with van der Waals surface area (Å²) in [5, 5.41) is 2.76. The third-order valence-electron chi connectivity index (χ3n) is 4.73. The molecule has 0 aliphatic carbocycles. The number of rotatable bonds is 6. The summed E-state index contributed by atoms with van der Waals surface area (Å²) in [6, 6.07) is 16.3. The molecule has 0 unspecified atom stereocenters. The number of carbonyl (C=O) groups excluding carboxylic acids is 1. The van der Waals surface area contributed by atoms with Crippen molar-refractivity contribution in [2.45, 2.75) is 13.1 Å². The molecule has 0 atom stereocenters. The van der Waals surface area contributed by atoms with E-state index in [0.717, 1.165) is 5.56 Å². The molecule has 1 N–H and O–H groups in total. The fourth-order valence-corrected chi connectivity index (χ4v) is 3.21. The van der Waals surface area contributed by atoms with Gasteiger partial charge in [-0.2, -0.15) is 0 Å². The first kappa shape index (κ1) is 19.4. The summed E-state index contributed by atoms with van der Waals surface area (Å²) in [7, 11) is 1.57. The molecule has 0 saturated heterocycles. The van der Waals surface area contributed by atoms with Crippen molar-refractivity contribution < 1.29 is 13.9 Å². The van der Waals surface area contributed by atoms with Crippen molar-refractivity contribution in [2.24, 2.45) is 0 Å². The van der Waals surface area contributed by atoms with Gasteiger partial charge in [-0.15, -0.1) is 0 Å². The number of benzene rings is 2. The molecule has 4 rings (SSSR count). The Kier molecular flexibility index (Phi) is 5.30. The van der Waals surface area contributed by atoms with Crippen LogP contribution in [0, 0.1) is 5.82 Å². The summed E-state index contributed by atoms with van der Waals surface area (Å²) in [4.78, 5) is 29.9. The predicted octanol–water partition coefficient (Wildman–Crippen LogP) is 2.65. The van der Waals surface area contributed by atoms with Crippen molar-refractivity contribution >= 4 is 17.1 Å². The number of imidazole rings is 1. The van der Waals surface area contributed by atoms with Crippen LogP contribution >= 0.6 is 0 Å². The molecule has 4 aromatic rings. The average Bonchev–Trinajstić information content (AvgIpc) is 3.05. The lowest BCUT2D eigenvalue weighted by Gasteiger charge is -2.06. The summed E-state index contributed by atoms with van der Waals surface area (Å²) in [6.07, 6.45) is 1.60. The second-order valence-electron chi connectivity index (χ2n) is 6.65. The highest BCUT2D eigenvalue weighted by Crippen LogP contribution is 2.18. The molecule has 0 bridgehead atoms. The molecule has 0 radical (unpaired) electrons. The van der Waals surface area contributed by atoms with Gasteiger partial charge < -0.3 is 10.1 Å². The van der Waals surface area contributed by atoms with Gasteiger partial charge in [-0.25, -0.2) is 18.7 Å². The van der Waals surface area contributed by atoms with E-state index in [1.54, 1.807) is 61.8 Å². The van der Waals surface area contributed by atoms with Crippen LogP contribution in [0.1, 0.15) is 5.56 Å². The second-order valence-corrected chi connectivity index (χ2v) is 6.65. The molecule has 2 aromatic heterocycles. The lowest BCUT2D eigenvalue weighted by molar-refractivity contribution is -0.121. The number of amides is 1. The van der Waals surface area contributed by atoms with Gasteiger partial charge in [-0.3, -0.25) is 9.36 Å². The molecular formula is C22H19FN4O3. The summed E-state index contributed by atoms with van der Waals surface area (Å²) in [5.41, 5.74) is 2.02. The van der Waals surface area contributed by atoms with Crippen molar-refractivity contribution in [3.05, 3.63) is 88.7 Å². The summed E-state index contributed by atoms with van der Waals surface area (Å²) in [5.74, 6) is -0.00167. The van der Waals surface area contributed by atoms with Gasteiger partial charge in [0.25, 0.3) is 0 Å². The molecule has 0 spiro atoms. The fraction of sp³-hybridized carbons (Fsp3) is 0.136. The molecule has 0 aliphatic rings. The van der Waals surface area contributed by atoms with E-state index in [1.165, 1.54) is 21.3 Å². The number of carbonyl (C=O) groups is 1. The molecule has 1 amide bonds. The average molecular weight is 406 g/mol. The van der Waals surface area contributed by atoms with Crippen molar-refractivity contribution in [2.75, 3.05) is 7.11 Å². The van der Waals surface area contributed by atoms with Crippen molar-refractivity contribution in [1.29, 1.82) is 0 Å². The Balaban J connectivity index is 1.62. The van der Waals surface area contributed by atoms with E-state index in [1.807, 2.05) is 0 Å². The Morgan fingerprint density at radius 3 is 2.53 bits per heavy atom. The third-order valence-corrected chi connectivity index (χ3v) is 4.73. The molecule has 8 heteroatoms. The number of ether oxygens (including phenoxy) is 1. The van der Waals surface area contributed by atoms with Crippen LogP contribution in [0.15, 0.2) is 71.7 Å². The number of pyridine rings is 1. The minimum absolute atomic E-state index is 0.161. The van der Waals surface area contributed by atoms with Crippen LogP contribution in [0.2, 0.25) is 0 Å². The Morgan fingerprint density at radius 2 is 1.83 bits per heavy atom. The number of methoxy groups -OCH3 is 1. The SMILES string of the molecule is COc1ccc(-n2c(=O)n(CC(=O)NCc3ccc(F)cc3)c3cccnc32)cc1. The second kappa shape index (κ2) is 8.20. The van der Waals surface area contributed by atoms with Crippen LogP contribution in [0.5, 0.6) is 5.75 Å². The van der Waals surface area contributed by atoms with Crippen molar-refractivity contribution in [1.82, 2.24) is 19.4 Å². The molecule has 2 heterocycles. The number of fused-ring (bicyclic) bond motifs is 1. The highest BCUT2D eigenvalue weighted by molar-refractivity contribution is 5.80. The highest BCUT2D eigenvalue weighted by Gasteiger charge is 2.17. The van der Waals surface area contributed by atoms with Gasteiger partial charge in [-0.05, 0) is 54.1 Å². The first-order valence-corrected chi connectivity index (χ1v) is 9.28. The highest BCUT2D eigenvalue weighted by atomic mass is 19.1. The largest absolute Gasteiger partial charge is 0.497 e. The van der Waals surface area contributed by atoms with Crippen LogP contribution < -0.4 is 15.7 Å². The predicted molar refractivity (Wildman–Crippen MR) is 110 cm³/mol. The quantitative estimate of drug-likeness (QED) is 0.534. The monoisotopic (exact) mass is 406 g/mol. The molecular weight excluding hydrogens is 387 g/mol. The van der Waals surface area contributed by atoms with Crippen LogP contribution in [0.4, 0.5) is 4.39 Å². The standard InChI is InChI=1S/C22H19FN4O3/c1-30-18-10-8-17(9-11-18)27-21-19(3-2-12-24-21)26(22(27)29)14-20(28)25-13-15-4-6-16(23)7-5-15/h2-12H,13-14H2,1H3,(H,25,28). The van der Waals surface area contributed by atoms with E-state index in [-0.39, 0.29) is 30.5 Å². The molecule has 7 nitrogen and oxygen atoms in total. The Bertz CT molecular complexity index is 1240. The number of hydrogen-bond acceptors (Lipinski definition) is 4. The first-order valence-electron chi connectivity index (χ1n) is 9.28. The topological polar surface area (TPSA) is 78.1 Å². The van der Waals surface area contributed by atoms with Crippen molar-refractivity contribution in [3.63, 3.8) is 0 Å². The Hall–Kier alpha value is -3.94. The zero-order chi connectivity index (χ0) is 21.1. The van der Waals surface area contributed by atoms with E-state index < -0.39 is 0 Å². The molecule has 152 valence electrons. The minimum Gasteiger partial charge on any atom is -0.497 e. The van der Waals surface area contributed by atoms with E-state index in [2.05, 4.69) is 10.3 Å². The smallest absolute Gasteiger partial charge is 0.335 e. The van der Waals surface area contributed by atoms with Crippen LogP contribution in [-0.2, 0) is 17.9 Å². The lowest BCUT2D eigenvalue weighted by atomic mass is 10.2. The minimum atomic E-state index is -0.370. The van der Waals surface area contributed by atoms with Gasteiger partial charge in [0.15, 0.2) is 5.65 Å². The Labute approximate surface area is 171 Å². The van der Waals surface area contributed by atoms with E-state index in [0.29, 0.717) is 22.6 Å². The van der Waals surface area contributed by atoms with Crippen LogP contribution in [-0.4, -0.2) is 27.1 Å². The van der Waals surface area contributed by atoms with Crippen LogP contribution in [0.25, 0.3) is 16.9 Å². The maximum atomic E-state index is 13.1. The third kappa shape index (κ3) is 3.80. The summed E-state index contributed by atoms with van der Waals surface area (Å²) < 4.78 is 21.0. The van der Waals surface area contributed by atoms with Crippen molar-refractivity contribution in [3.8, 4) is 11.4 Å². The molecule has 0 saturated carbocycles. The molecule has 2 aromatic carbocycles.